The van der Waals surface area contributed by atoms with Crippen LogP contribution in [-0.4, -0.2) is 35.4 Å². The Morgan fingerprint density at radius 3 is 2.50 bits per heavy atom. The SMILES string of the molecule is CC(C)(C)c1ccc(Nc2ccc(C(=O)NCC3CCCO3)nn2)cc1. The number of hydrogen-bond acceptors (Lipinski definition) is 5. The van der Waals surface area contributed by atoms with Gasteiger partial charge >= 0.3 is 0 Å². The molecule has 6 heteroatoms. The fraction of sp³-hybridized carbons (Fsp3) is 0.450. The molecule has 1 amide bonds. The number of rotatable bonds is 5. The summed E-state index contributed by atoms with van der Waals surface area (Å²) in [5.41, 5.74) is 2.63. The Bertz CT molecular complexity index is 730. The number of nitrogens with one attached hydrogen (secondary N) is 2. The number of aromatic nitrogens is 2. The zero-order valence-corrected chi connectivity index (χ0v) is 15.6. The Kier molecular flexibility index (Phi) is 5.52. The zero-order chi connectivity index (χ0) is 18.6. The molecule has 0 saturated carbocycles. The van der Waals surface area contributed by atoms with Gasteiger partial charge < -0.3 is 15.4 Å². The van der Waals surface area contributed by atoms with E-state index in [2.05, 4.69) is 53.7 Å². The lowest BCUT2D eigenvalue weighted by atomic mass is 9.87. The van der Waals surface area contributed by atoms with Crippen LogP contribution < -0.4 is 10.6 Å². The van der Waals surface area contributed by atoms with Gasteiger partial charge in [0.05, 0.1) is 6.10 Å². The molecule has 0 aliphatic carbocycles. The molecule has 2 N–H and O–H groups in total. The minimum absolute atomic E-state index is 0.115. The highest BCUT2D eigenvalue weighted by Gasteiger charge is 2.17. The summed E-state index contributed by atoms with van der Waals surface area (Å²) < 4.78 is 5.49. The largest absolute Gasteiger partial charge is 0.376 e. The molecule has 1 saturated heterocycles. The summed E-state index contributed by atoms with van der Waals surface area (Å²) in [5.74, 6) is 0.373. The van der Waals surface area contributed by atoms with E-state index in [-0.39, 0.29) is 17.4 Å². The molecular formula is C20H26N4O2. The molecule has 1 fully saturated rings. The van der Waals surface area contributed by atoms with Crippen LogP contribution in [0.4, 0.5) is 11.5 Å². The first-order chi connectivity index (χ1) is 12.4. The topological polar surface area (TPSA) is 76.1 Å². The Labute approximate surface area is 154 Å². The van der Waals surface area contributed by atoms with E-state index in [1.54, 1.807) is 12.1 Å². The first kappa shape index (κ1) is 18.3. The van der Waals surface area contributed by atoms with Crippen LogP contribution in [0.1, 0.15) is 49.7 Å². The van der Waals surface area contributed by atoms with Crippen LogP contribution >= 0.6 is 0 Å². The van der Waals surface area contributed by atoms with Crippen molar-refractivity contribution in [1.82, 2.24) is 15.5 Å². The van der Waals surface area contributed by atoms with Gasteiger partial charge in [0, 0.05) is 18.8 Å². The molecular weight excluding hydrogens is 328 g/mol. The summed E-state index contributed by atoms with van der Waals surface area (Å²) in [4.78, 5) is 12.1. The first-order valence-electron chi connectivity index (χ1n) is 9.03. The summed E-state index contributed by atoms with van der Waals surface area (Å²) in [5, 5.41) is 14.1. The van der Waals surface area contributed by atoms with Crippen LogP contribution in [0.5, 0.6) is 0 Å². The van der Waals surface area contributed by atoms with Gasteiger partial charge in [-0.3, -0.25) is 4.79 Å². The fourth-order valence-corrected chi connectivity index (χ4v) is 2.82. The lowest BCUT2D eigenvalue weighted by molar-refractivity contribution is 0.0853. The van der Waals surface area contributed by atoms with Gasteiger partial charge in [-0.1, -0.05) is 32.9 Å². The number of ether oxygens (including phenoxy) is 1. The fourth-order valence-electron chi connectivity index (χ4n) is 2.82. The molecule has 138 valence electrons. The van der Waals surface area contributed by atoms with E-state index in [1.807, 2.05) is 12.1 Å². The molecule has 2 heterocycles. The third-order valence-electron chi connectivity index (χ3n) is 4.43. The van der Waals surface area contributed by atoms with Crippen molar-refractivity contribution < 1.29 is 9.53 Å². The number of amides is 1. The van der Waals surface area contributed by atoms with Crippen LogP contribution in [0.25, 0.3) is 0 Å². The smallest absolute Gasteiger partial charge is 0.271 e. The summed E-state index contributed by atoms with van der Waals surface area (Å²) in [6.45, 7) is 7.84. The first-order valence-corrected chi connectivity index (χ1v) is 9.03. The van der Waals surface area contributed by atoms with Gasteiger partial charge in [-0.05, 0) is 48.1 Å². The Morgan fingerprint density at radius 1 is 1.15 bits per heavy atom. The van der Waals surface area contributed by atoms with Crippen molar-refractivity contribution in [2.45, 2.75) is 45.1 Å². The lowest BCUT2D eigenvalue weighted by Crippen LogP contribution is -2.32. The second-order valence-corrected chi connectivity index (χ2v) is 7.60. The van der Waals surface area contributed by atoms with Gasteiger partial charge in [0.15, 0.2) is 11.5 Å². The minimum atomic E-state index is -0.228. The van der Waals surface area contributed by atoms with Gasteiger partial charge in [-0.15, -0.1) is 10.2 Å². The molecule has 6 nitrogen and oxygen atoms in total. The summed E-state index contributed by atoms with van der Waals surface area (Å²) in [7, 11) is 0. The van der Waals surface area contributed by atoms with E-state index < -0.39 is 0 Å². The maximum Gasteiger partial charge on any atom is 0.271 e. The third kappa shape index (κ3) is 4.79. The standard InChI is InChI=1S/C20H26N4O2/c1-20(2,3)14-6-8-15(9-7-14)22-18-11-10-17(23-24-18)19(25)21-13-16-5-4-12-26-16/h6-11,16H,4-5,12-13H2,1-3H3,(H,21,25)(H,22,24). The maximum absolute atomic E-state index is 12.1. The van der Waals surface area contributed by atoms with Crippen molar-refractivity contribution in [3.05, 3.63) is 47.7 Å². The molecule has 0 spiro atoms. The van der Waals surface area contributed by atoms with Gasteiger partial charge in [0.1, 0.15) is 0 Å². The normalized spacial score (nSPS) is 17.1. The van der Waals surface area contributed by atoms with Crippen molar-refractivity contribution in [3.63, 3.8) is 0 Å². The maximum atomic E-state index is 12.1. The zero-order valence-electron chi connectivity index (χ0n) is 15.6. The predicted octanol–water partition coefficient (Wildman–Crippen LogP) is 3.43. The second-order valence-electron chi connectivity index (χ2n) is 7.60. The highest BCUT2D eigenvalue weighted by Crippen LogP contribution is 2.24. The quantitative estimate of drug-likeness (QED) is 0.860. The minimum Gasteiger partial charge on any atom is -0.376 e. The van der Waals surface area contributed by atoms with Gasteiger partial charge in [0.2, 0.25) is 0 Å². The van der Waals surface area contributed by atoms with E-state index in [4.69, 9.17) is 4.74 Å². The van der Waals surface area contributed by atoms with Crippen LogP contribution in [-0.2, 0) is 10.2 Å². The van der Waals surface area contributed by atoms with Crippen LogP contribution in [0.15, 0.2) is 36.4 Å². The van der Waals surface area contributed by atoms with E-state index in [0.29, 0.717) is 18.1 Å². The Hall–Kier alpha value is -2.47. The van der Waals surface area contributed by atoms with Crippen molar-refractivity contribution in [3.8, 4) is 0 Å². The molecule has 2 aromatic rings. The number of carbonyl (C=O) groups is 1. The van der Waals surface area contributed by atoms with Crippen molar-refractivity contribution >= 4 is 17.4 Å². The van der Waals surface area contributed by atoms with Gasteiger partial charge in [-0.2, -0.15) is 0 Å². The average molecular weight is 354 g/mol. The number of nitrogens with zero attached hydrogens (tertiary/aromatic N) is 2. The average Bonchev–Trinajstić information content (AvgIpc) is 3.13. The molecule has 1 aliphatic heterocycles. The monoisotopic (exact) mass is 354 g/mol. The Morgan fingerprint density at radius 2 is 1.92 bits per heavy atom. The summed E-state index contributed by atoms with van der Waals surface area (Å²) in [6.07, 6.45) is 2.16. The Balaban J connectivity index is 1.56. The van der Waals surface area contributed by atoms with E-state index in [0.717, 1.165) is 25.1 Å². The highest BCUT2D eigenvalue weighted by molar-refractivity contribution is 5.92. The second kappa shape index (κ2) is 7.83. The molecule has 1 unspecified atom stereocenters. The van der Waals surface area contributed by atoms with Gasteiger partial charge in [0.25, 0.3) is 5.91 Å². The molecule has 0 bridgehead atoms. The van der Waals surface area contributed by atoms with E-state index in [1.165, 1.54) is 5.56 Å². The molecule has 1 aliphatic rings. The van der Waals surface area contributed by atoms with E-state index >= 15 is 0 Å². The molecule has 0 radical (unpaired) electrons. The van der Waals surface area contributed by atoms with Crippen LogP contribution in [0.2, 0.25) is 0 Å². The lowest BCUT2D eigenvalue weighted by Gasteiger charge is -2.19. The van der Waals surface area contributed by atoms with Crippen molar-refractivity contribution in [1.29, 1.82) is 0 Å². The molecule has 1 atom stereocenters. The van der Waals surface area contributed by atoms with Crippen LogP contribution in [0, 0.1) is 0 Å². The highest BCUT2D eigenvalue weighted by atomic mass is 16.5. The van der Waals surface area contributed by atoms with Crippen LogP contribution in [0.3, 0.4) is 0 Å². The van der Waals surface area contributed by atoms with Crippen molar-refractivity contribution in [2.75, 3.05) is 18.5 Å². The molecule has 26 heavy (non-hydrogen) atoms. The van der Waals surface area contributed by atoms with Crippen molar-refractivity contribution in [2.24, 2.45) is 0 Å². The van der Waals surface area contributed by atoms with Gasteiger partial charge in [-0.25, -0.2) is 0 Å². The number of anilines is 2. The molecule has 3 rings (SSSR count). The third-order valence-corrected chi connectivity index (χ3v) is 4.43. The number of carbonyl (C=O) groups excluding carboxylic acids is 1. The molecule has 1 aromatic carbocycles. The number of hydrogen-bond donors (Lipinski definition) is 2. The molecule has 1 aromatic heterocycles. The summed E-state index contributed by atoms with van der Waals surface area (Å²) >= 11 is 0. The predicted molar refractivity (Wildman–Crippen MR) is 102 cm³/mol. The van der Waals surface area contributed by atoms with E-state index in [9.17, 15) is 4.79 Å². The summed E-state index contributed by atoms with van der Waals surface area (Å²) in [6, 6.07) is 11.7. The number of benzene rings is 1.